The van der Waals surface area contributed by atoms with Crippen molar-refractivity contribution in [1.82, 2.24) is 0 Å². The van der Waals surface area contributed by atoms with E-state index in [0.29, 0.717) is 11.4 Å². The Labute approximate surface area is 93.9 Å². The van der Waals surface area contributed by atoms with Gasteiger partial charge in [-0.3, -0.25) is 10.1 Å². The molecule has 0 bridgehead atoms. The highest BCUT2D eigenvalue weighted by molar-refractivity contribution is 5.61. The Bertz CT molecular complexity index is 404. The van der Waals surface area contributed by atoms with Gasteiger partial charge in [0.2, 0.25) is 0 Å². The van der Waals surface area contributed by atoms with Crippen molar-refractivity contribution in [3.8, 4) is 5.75 Å². The predicted octanol–water partition coefficient (Wildman–Crippen LogP) is 2.59. The van der Waals surface area contributed by atoms with Crippen LogP contribution < -0.4 is 10.1 Å². The quantitative estimate of drug-likeness (QED) is 0.472. The highest BCUT2D eigenvalue weighted by atomic mass is 16.6. The van der Waals surface area contributed by atoms with Gasteiger partial charge >= 0.3 is 0 Å². The summed E-state index contributed by atoms with van der Waals surface area (Å²) in [5.41, 5.74) is 0.717. The summed E-state index contributed by atoms with van der Waals surface area (Å²) in [4.78, 5) is 10.1. The van der Waals surface area contributed by atoms with Gasteiger partial charge in [0.1, 0.15) is 5.75 Å². The smallest absolute Gasteiger partial charge is 0.273 e. The lowest BCUT2D eigenvalue weighted by molar-refractivity contribution is -0.384. The second-order valence-corrected chi connectivity index (χ2v) is 3.31. The highest BCUT2D eigenvalue weighted by Crippen LogP contribution is 2.29. The number of nitrogens with one attached hydrogen (secondary N) is 1. The Morgan fingerprint density at radius 2 is 2.31 bits per heavy atom. The molecule has 1 unspecified atom stereocenters. The van der Waals surface area contributed by atoms with Gasteiger partial charge in [0.25, 0.3) is 5.69 Å². The van der Waals surface area contributed by atoms with E-state index in [2.05, 4.69) is 11.9 Å². The molecule has 0 aliphatic rings. The number of rotatable bonds is 5. The number of non-ortho nitro benzene ring substituents is 1. The lowest BCUT2D eigenvalue weighted by atomic mass is 10.2. The Morgan fingerprint density at radius 1 is 1.62 bits per heavy atom. The van der Waals surface area contributed by atoms with Crippen LogP contribution in [0.15, 0.2) is 30.9 Å². The number of hydrogen-bond acceptors (Lipinski definition) is 4. The molecular weight excluding hydrogens is 208 g/mol. The molecule has 1 atom stereocenters. The number of anilines is 1. The van der Waals surface area contributed by atoms with E-state index in [4.69, 9.17) is 4.74 Å². The molecule has 0 saturated heterocycles. The van der Waals surface area contributed by atoms with Crippen LogP contribution in [0.5, 0.6) is 5.75 Å². The molecule has 86 valence electrons. The molecule has 5 heteroatoms. The third-order valence-electron chi connectivity index (χ3n) is 2.13. The van der Waals surface area contributed by atoms with E-state index in [1.807, 2.05) is 6.92 Å². The second-order valence-electron chi connectivity index (χ2n) is 3.31. The standard InChI is InChI=1S/C11H14N2O3/c1-4-8(2)12-10-6-5-9(13(14)15)7-11(10)16-3/h4-8,12H,1H2,2-3H3. The van der Waals surface area contributed by atoms with Crippen molar-refractivity contribution in [2.75, 3.05) is 12.4 Å². The Balaban J connectivity index is 3.01. The van der Waals surface area contributed by atoms with Crippen molar-refractivity contribution >= 4 is 11.4 Å². The van der Waals surface area contributed by atoms with Crippen LogP contribution in [-0.2, 0) is 0 Å². The van der Waals surface area contributed by atoms with Crippen LogP contribution in [0.2, 0.25) is 0 Å². The van der Waals surface area contributed by atoms with Crippen molar-refractivity contribution < 1.29 is 9.66 Å². The van der Waals surface area contributed by atoms with Gasteiger partial charge < -0.3 is 10.1 Å². The molecule has 0 spiro atoms. The number of ether oxygens (including phenoxy) is 1. The Hall–Kier alpha value is -2.04. The molecule has 16 heavy (non-hydrogen) atoms. The second kappa shape index (κ2) is 5.16. The van der Waals surface area contributed by atoms with Crippen molar-refractivity contribution in [2.45, 2.75) is 13.0 Å². The van der Waals surface area contributed by atoms with Crippen LogP contribution in [0.25, 0.3) is 0 Å². The topological polar surface area (TPSA) is 64.4 Å². The van der Waals surface area contributed by atoms with E-state index in [1.165, 1.54) is 19.2 Å². The maximum atomic E-state index is 10.6. The summed E-state index contributed by atoms with van der Waals surface area (Å²) in [6, 6.07) is 4.51. The summed E-state index contributed by atoms with van der Waals surface area (Å²) in [6.45, 7) is 5.57. The van der Waals surface area contributed by atoms with Gasteiger partial charge in [0, 0.05) is 12.1 Å². The van der Waals surface area contributed by atoms with Crippen molar-refractivity contribution in [3.63, 3.8) is 0 Å². The van der Waals surface area contributed by atoms with E-state index in [-0.39, 0.29) is 11.7 Å². The first-order chi connectivity index (χ1) is 7.58. The summed E-state index contributed by atoms with van der Waals surface area (Å²) >= 11 is 0. The summed E-state index contributed by atoms with van der Waals surface area (Å²) in [5, 5.41) is 13.7. The molecule has 0 amide bonds. The van der Waals surface area contributed by atoms with Crippen LogP contribution in [0.1, 0.15) is 6.92 Å². The van der Waals surface area contributed by atoms with Gasteiger partial charge in [-0.2, -0.15) is 0 Å². The SMILES string of the molecule is C=CC(C)Nc1ccc([N+](=O)[O-])cc1OC. The molecule has 0 aliphatic heterocycles. The van der Waals surface area contributed by atoms with Gasteiger partial charge in [-0.15, -0.1) is 6.58 Å². The largest absolute Gasteiger partial charge is 0.494 e. The Morgan fingerprint density at radius 3 is 2.81 bits per heavy atom. The fourth-order valence-electron chi connectivity index (χ4n) is 1.22. The third-order valence-corrected chi connectivity index (χ3v) is 2.13. The fourth-order valence-corrected chi connectivity index (χ4v) is 1.22. The van der Waals surface area contributed by atoms with E-state index < -0.39 is 4.92 Å². The Kier molecular flexibility index (Phi) is 3.88. The maximum absolute atomic E-state index is 10.6. The molecule has 0 saturated carbocycles. The van der Waals surface area contributed by atoms with Gasteiger partial charge in [-0.1, -0.05) is 6.08 Å². The van der Waals surface area contributed by atoms with Gasteiger partial charge in [0.05, 0.1) is 23.8 Å². The van der Waals surface area contributed by atoms with Crippen molar-refractivity contribution in [2.24, 2.45) is 0 Å². The van der Waals surface area contributed by atoms with E-state index in [1.54, 1.807) is 12.1 Å². The molecular formula is C11H14N2O3. The average Bonchev–Trinajstić information content (AvgIpc) is 2.29. The number of benzene rings is 1. The lowest BCUT2D eigenvalue weighted by Gasteiger charge is -2.13. The molecule has 1 aromatic rings. The first kappa shape index (κ1) is 12.0. The van der Waals surface area contributed by atoms with E-state index in [0.717, 1.165) is 0 Å². The number of hydrogen-bond donors (Lipinski definition) is 1. The first-order valence-electron chi connectivity index (χ1n) is 4.80. The number of nitro groups is 1. The summed E-state index contributed by atoms with van der Waals surface area (Å²) < 4.78 is 5.08. The van der Waals surface area contributed by atoms with Gasteiger partial charge in [0.15, 0.2) is 0 Å². The van der Waals surface area contributed by atoms with Crippen LogP contribution >= 0.6 is 0 Å². The molecule has 1 N–H and O–H groups in total. The minimum absolute atomic E-state index is 0.00801. The molecule has 5 nitrogen and oxygen atoms in total. The zero-order valence-electron chi connectivity index (χ0n) is 9.27. The molecule has 0 radical (unpaired) electrons. The molecule has 0 fully saturated rings. The third kappa shape index (κ3) is 2.73. The zero-order valence-corrected chi connectivity index (χ0v) is 9.27. The average molecular weight is 222 g/mol. The zero-order chi connectivity index (χ0) is 12.1. The van der Waals surface area contributed by atoms with E-state index in [9.17, 15) is 10.1 Å². The first-order valence-corrected chi connectivity index (χ1v) is 4.80. The van der Waals surface area contributed by atoms with Crippen LogP contribution in [0.3, 0.4) is 0 Å². The normalized spacial score (nSPS) is 11.6. The summed E-state index contributed by atoms with van der Waals surface area (Å²) in [5.74, 6) is 0.447. The summed E-state index contributed by atoms with van der Waals surface area (Å²) in [6.07, 6.45) is 1.74. The van der Waals surface area contributed by atoms with Crippen molar-refractivity contribution in [1.29, 1.82) is 0 Å². The van der Waals surface area contributed by atoms with Gasteiger partial charge in [-0.25, -0.2) is 0 Å². The lowest BCUT2D eigenvalue weighted by Crippen LogP contribution is -2.12. The maximum Gasteiger partial charge on any atom is 0.273 e. The molecule has 0 aromatic heterocycles. The minimum atomic E-state index is -0.455. The minimum Gasteiger partial charge on any atom is -0.494 e. The number of nitro benzene ring substituents is 1. The van der Waals surface area contributed by atoms with Crippen LogP contribution in [-0.4, -0.2) is 18.1 Å². The highest BCUT2D eigenvalue weighted by Gasteiger charge is 2.11. The van der Waals surface area contributed by atoms with Crippen LogP contribution in [0, 0.1) is 10.1 Å². The van der Waals surface area contributed by atoms with Crippen LogP contribution in [0.4, 0.5) is 11.4 Å². The van der Waals surface area contributed by atoms with Gasteiger partial charge in [-0.05, 0) is 13.0 Å². The van der Waals surface area contributed by atoms with E-state index >= 15 is 0 Å². The monoisotopic (exact) mass is 222 g/mol. The molecule has 0 heterocycles. The summed E-state index contributed by atoms with van der Waals surface area (Å²) in [7, 11) is 1.48. The van der Waals surface area contributed by atoms with Crippen molar-refractivity contribution in [3.05, 3.63) is 41.0 Å². The molecule has 1 rings (SSSR count). The predicted molar refractivity (Wildman–Crippen MR) is 62.9 cm³/mol. The number of nitrogens with zero attached hydrogens (tertiary/aromatic N) is 1. The molecule has 1 aromatic carbocycles. The fraction of sp³-hybridized carbons (Fsp3) is 0.273. The molecule has 0 aliphatic carbocycles. The number of methoxy groups -OCH3 is 1.